The van der Waals surface area contributed by atoms with Gasteiger partial charge in [-0.1, -0.05) is 20.4 Å². The predicted molar refractivity (Wildman–Crippen MR) is 85.9 cm³/mol. The van der Waals surface area contributed by atoms with Crippen LogP contribution in [0.4, 0.5) is 0 Å². The van der Waals surface area contributed by atoms with E-state index in [1.165, 1.54) is 18.2 Å². The van der Waals surface area contributed by atoms with Gasteiger partial charge in [-0.05, 0) is 31.5 Å². The molecule has 0 radical (unpaired) electrons. The molecule has 0 fully saturated rings. The first kappa shape index (κ1) is 20.9. The molecule has 0 atom stereocenters. The van der Waals surface area contributed by atoms with Crippen LogP contribution in [0, 0.1) is 0 Å². The smallest absolute Gasteiger partial charge is 0.330 e. The monoisotopic (exact) mass is 306 g/mol. The van der Waals surface area contributed by atoms with E-state index < -0.39 is 9.04 Å². The van der Waals surface area contributed by atoms with Crippen LogP contribution in [-0.2, 0) is 18.4 Å². The molecule has 0 aromatic heterocycles. The van der Waals surface area contributed by atoms with Crippen LogP contribution < -0.4 is 0 Å². The number of esters is 1. The molecule has 0 aromatic rings. The van der Waals surface area contributed by atoms with E-state index in [1.807, 2.05) is 14.0 Å². The standard InChI is InChI=1S/C8H16O3Si.C5H14OSi/c1-3-8(9)10-6-5-7-12-11-4-2;1-4-7(5-2)6-3/h3H,1,4-7,12H2,2H3;7H,4-5H2,1-3H3. The van der Waals surface area contributed by atoms with E-state index in [-0.39, 0.29) is 15.7 Å². The molecule has 0 aliphatic rings. The SMILES string of the molecule is C=CC(=O)OCCC[SiH2]OCC.CC[SiH](CC)OC. The van der Waals surface area contributed by atoms with Crippen LogP contribution in [0.5, 0.6) is 0 Å². The van der Waals surface area contributed by atoms with Gasteiger partial charge in [-0.25, -0.2) is 4.79 Å². The van der Waals surface area contributed by atoms with Gasteiger partial charge < -0.3 is 13.6 Å². The fourth-order valence-corrected chi connectivity index (χ4v) is 3.45. The van der Waals surface area contributed by atoms with Crippen molar-refractivity contribution in [2.75, 3.05) is 20.3 Å². The summed E-state index contributed by atoms with van der Waals surface area (Å²) in [5.74, 6) is -0.340. The second-order valence-electron chi connectivity index (χ2n) is 3.95. The Kier molecular flexibility index (Phi) is 19.3. The average molecular weight is 307 g/mol. The highest BCUT2D eigenvalue weighted by atomic mass is 28.3. The molecule has 0 N–H and O–H groups in total. The van der Waals surface area contributed by atoms with Crippen LogP contribution >= 0.6 is 0 Å². The number of ether oxygens (including phenoxy) is 1. The average Bonchev–Trinajstić information content (AvgIpc) is 2.45. The van der Waals surface area contributed by atoms with Gasteiger partial charge in [-0.15, -0.1) is 0 Å². The summed E-state index contributed by atoms with van der Waals surface area (Å²) < 4.78 is 15.2. The summed E-state index contributed by atoms with van der Waals surface area (Å²) in [6, 6.07) is 3.61. The number of carbonyl (C=O) groups is 1. The lowest BCUT2D eigenvalue weighted by Gasteiger charge is -2.04. The van der Waals surface area contributed by atoms with Gasteiger partial charge in [0.05, 0.1) is 6.61 Å². The normalized spacial score (nSPS) is 10.4. The molecule has 0 rings (SSSR count). The Morgan fingerprint density at radius 1 is 1.32 bits per heavy atom. The Hall–Kier alpha value is -0.436. The summed E-state index contributed by atoms with van der Waals surface area (Å²) in [7, 11) is 0.795. The minimum absolute atomic E-state index is 0.340. The molecule has 0 amide bonds. The van der Waals surface area contributed by atoms with Crippen LogP contribution in [0.2, 0.25) is 18.1 Å². The highest BCUT2D eigenvalue weighted by molar-refractivity contribution is 6.51. The fourth-order valence-electron chi connectivity index (χ4n) is 1.30. The van der Waals surface area contributed by atoms with E-state index in [2.05, 4.69) is 20.4 Å². The Bertz CT molecular complexity index is 203. The maximum absolute atomic E-state index is 10.5. The molecule has 114 valence electrons. The molecule has 0 heterocycles. The van der Waals surface area contributed by atoms with Gasteiger partial charge in [-0.3, -0.25) is 0 Å². The summed E-state index contributed by atoms with van der Waals surface area (Å²) in [4.78, 5) is 10.5. The van der Waals surface area contributed by atoms with Gasteiger partial charge in [0.1, 0.15) is 0 Å². The van der Waals surface area contributed by atoms with Crippen molar-refractivity contribution in [2.24, 2.45) is 0 Å². The number of hydrogen-bond acceptors (Lipinski definition) is 4. The van der Waals surface area contributed by atoms with Crippen LogP contribution in [0.25, 0.3) is 0 Å². The molecular weight excluding hydrogens is 276 g/mol. The van der Waals surface area contributed by atoms with Crippen molar-refractivity contribution in [1.29, 1.82) is 0 Å². The zero-order chi connectivity index (χ0) is 14.9. The van der Waals surface area contributed by atoms with E-state index in [0.29, 0.717) is 6.61 Å². The van der Waals surface area contributed by atoms with E-state index in [9.17, 15) is 4.79 Å². The van der Waals surface area contributed by atoms with Crippen molar-refractivity contribution in [2.45, 2.75) is 45.3 Å². The maximum Gasteiger partial charge on any atom is 0.330 e. The molecule has 0 spiro atoms. The summed E-state index contributed by atoms with van der Waals surface area (Å²) in [6.07, 6.45) is 2.09. The first-order valence-corrected chi connectivity index (χ1v) is 10.7. The predicted octanol–water partition coefficient (Wildman–Crippen LogP) is 2.04. The third-order valence-electron chi connectivity index (χ3n) is 2.54. The molecule has 0 saturated heterocycles. The van der Waals surface area contributed by atoms with Gasteiger partial charge in [-0.2, -0.15) is 0 Å². The summed E-state index contributed by atoms with van der Waals surface area (Å²) >= 11 is 0. The Balaban J connectivity index is 0. The van der Waals surface area contributed by atoms with Crippen molar-refractivity contribution in [1.82, 2.24) is 0 Å². The molecule has 0 aliphatic heterocycles. The lowest BCUT2D eigenvalue weighted by molar-refractivity contribution is -0.137. The molecule has 4 nitrogen and oxygen atoms in total. The maximum atomic E-state index is 10.5. The van der Waals surface area contributed by atoms with Crippen LogP contribution in [0.15, 0.2) is 12.7 Å². The largest absolute Gasteiger partial charge is 0.463 e. The van der Waals surface area contributed by atoms with Crippen molar-refractivity contribution < 1.29 is 18.4 Å². The minimum Gasteiger partial charge on any atom is -0.463 e. The highest BCUT2D eigenvalue weighted by Gasteiger charge is 2.00. The first-order chi connectivity index (χ1) is 9.15. The lowest BCUT2D eigenvalue weighted by Crippen LogP contribution is -2.11. The highest BCUT2D eigenvalue weighted by Crippen LogP contribution is 1.96. The van der Waals surface area contributed by atoms with E-state index >= 15 is 0 Å². The number of carbonyl (C=O) groups excluding carboxylic acids is 1. The van der Waals surface area contributed by atoms with Crippen molar-refractivity contribution >= 4 is 24.8 Å². The van der Waals surface area contributed by atoms with Gasteiger partial charge in [0.15, 0.2) is 18.8 Å². The van der Waals surface area contributed by atoms with E-state index in [4.69, 9.17) is 13.6 Å². The molecule has 19 heavy (non-hydrogen) atoms. The van der Waals surface area contributed by atoms with Crippen molar-refractivity contribution in [3.05, 3.63) is 12.7 Å². The van der Waals surface area contributed by atoms with Gasteiger partial charge >= 0.3 is 5.97 Å². The third-order valence-corrected chi connectivity index (χ3v) is 6.52. The van der Waals surface area contributed by atoms with Gasteiger partial charge in [0.25, 0.3) is 0 Å². The van der Waals surface area contributed by atoms with E-state index in [1.54, 1.807) is 0 Å². The summed E-state index contributed by atoms with van der Waals surface area (Å²) in [6.45, 7) is 11.0. The molecule has 6 heteroatoms. The zero-order valence-corrected chi connectivity index (χ0v) is 15.5. The molecule has 0 aromatic carbocycles. The molecular formula is C13H30O4Si2. The summed E-state index contributed by atoms with van der Waals surface area (Å²) in [5, 5.41) is 0. The van der Waals surface area contributed by atoms with Crippen LogP contribution in [0.3, 0.4) is 0 Å². The number of hydrogen-bond donors (Lipinski definition) is 0. The van der Waals surface area contributed by atoms with Crippen molar-refractivity contribution in [3.8, 4) is 0 Å². The quantitative estimate of drug-likeness (QED) is 0.268. The second kappa shape index (κ2) is 17.6. The topological polar surface area (TPSA) is 44.8 Å². The molecule has 0 saturated carbocycles. The van der Waals surface area contributed by atoms with Crippen molar-refractivity contribution in [3.63, 3.8) is 0 Å². The Labute approximate surface area is 122 Å². The number of rotatable bonds is 10. The van der Waals surface area contributed by atoms with Gasteiger partial charge in [0.2, 0.25) is 0 Å². The van der Waals surface area contributed by atoms with Crippen LogP contribution in [-0.4, -0.2) is 45.1 Å². The summed E-state index contributed by atoms with van der Waals surface area (Å²) in [5.41, 5.74) is 0. The molecule has 0 aliphatic carbocycles. The Morgan fingerprint density at radius 2 is 1.95 bits per heavy atom. The van der Waals surface area contributed by atoms with Gasteiger partial charge in [0, 0.05) is 19.8 Å². The third kappa shape index (κ3) is 17.6. The fraction of sp³-hybridized carbons (Fsp3) is 0.769. The minimum atomic E-state index is -0.671. The Morgan fingerprint density at radius 3 is 2.32 bits per heavy atom. The molecule has 0 bridgehead atoms. The lowest BCUT2D eigenvalue weighted by atomic mass is 10.5. The second-order valence-corrected chi connectivity index (χ2v) is 8.82. The zero-order valence-electron chi connectivity index (χ0n) is 12.9. The molecule has 0 unspecified atom stereocenters. The first-order valence-electron chi connectivity index (χ1n) is 7.05. The van der Waals surface area contributed by atoms with Crippen LogP contribution in [0.1, 0.15) is 27.2 Å². The van der Waals surface area contributed by atoms with E-state index in [0.717, 1.165) is 19.1 Å².